The molecule has 0 aliphatic heterocycles. The normalized spacial score (nSPS) is 13.0. The molecule has 0 aliphatic carbocycles. The van der Waals surface area contributed by atoms with Gasteiger partial charge in [-0.05, 0) is 57.8 Å². The van der Waals surface area contributed by atoms with Gasteiger partial charge in [-0.15, -0.1) is 0 Å². The number of carbonyl (C=O) groups excluding carboxylic acids is 1. The van der Waals surface area contributed by atoms with Crippen LogP contribution in [0.5, 0.6) is 0 Å². The summed E-state index contributed by atoms with van der Waals surface area (Å²) in [5.74, 6) is 0. The summed E-state index contributed by atoms with van der Waals surface area (Å²) in [7, 11) is 0. The first kappa shape index (κ1) is 24.1. The van der Waals surface area contributed by atoms with E-state index in [0.717, 1.165) is 64.1 Å². The summed E-state index contributed by atoms with van der Waals surface area (Å²) < 4.78 is 0. The van der Waals surface area contributed by atoms with Gasteiger partial charge in [0.15, 0.2) is 0 Å². The van der Waals surface area contributed by atoms with E-state index in [0.29, 0.717) is 6.42 Å². The largest absolute Gasteiger partial charge is 0.303 e. The van der Waals surface area contributed by atoms with Crippen LogP contribution >= 0.6 is 0 Å². The first-order valence-electron chi connectivity index (χ1n) is 10.3. The molecule has 1 nitrogen and oxygen atoms in total. The Morgan fingerprint density at radius 2 is 0.846 bits per heavy atom. The SMILES string of the molecule is CC/C=C\C/C=C\C/C=C\C/C=C\C/C=C\C/C=C\CCCCCC=O. The van der Waals surface area contributed by atoms with Gasteiger partial charge < -0.3 is 4.79 Å². The molecule has 0 rings (SSSR count). The van der Waals surface area contributed by atoms with Gasteiger partial charge in [-0.1, -0.05) is 86.3 Å². The number of hydrogen-bond donors (Lipinski definition) is 0. The van der Waals surface area contributed by atoms with Crippen LogP contribution in [0.1, 0.15) is 77.6 Å². The summed E-state index contributed by atoms with van der Waals surface area (Å²) in [5.41, 5.74) is 0. The predicted molar refractivity (Wildman–Crippen MR) is 117 cm³/mol. The molecular weight excluding hydrogens is 316 g/mol. The Bertz CT molecular complexity index is 461. The van der Waals surface area contributed by atoms with Crippen molar-refractivity contribution in [2.75, 3.05) is 0 Å². The monoisotopic (exact) mass is 354 g/mol. The Hall–Kier alpha value is -1.89. The molecule has 0 spiro atoms. The van der Waals surface area contributed by atoms with E-state index in [9.17, 15) is 4.79 Å². The van der Waals surface area contributed by atoms with Gasteiger partial charge in [0.25, 0.3) is 0 Å². The Morgan fingerprint density at radius 3 is 1.27 bits per heavy atom. The molecule has 0 saturated heterocycles. The molecule has 1 heteroatoms. The van der Waals surface area contributed by atoms with Gasteiger partial charge in [-0.25, -0.2) is 0 Å². The first-order valence-corrected chi connectivity index (χ1v) is 10.3. The van der Waals surface area contributed by atoms with E-state index in [1.54, 1.807) is 0 Å². The summed E-state index contributed by atoms with van der Waals surface area (Å²) in [6.07, 6.45) is 39.2. The van der Waals surface area contributed by atoms with Crippen LogP contribution in [-0.2, 0) is 4.79 Å². The molecule has 0 bridgehead atoms. The van der Waals surface area contributed by atoms with Gasteiger partial charge in [-0.3, -0.25) is 0 Å². The Balaban J connectivity index is 3.45. The third-order valence-electron chi connectivity index (χ3n) is 3.79. The second kappa shape index (κ2) is 23.1. The molecule has 0 saturated carbocycles. The van der Waals surface area contributed by atoms with Crippen molar-refractivity contribution in [3.8, 4) is 0 Å². The summed E-state index contributed by atoms with van der Waals surface area (Å²) in [4.78, 5) is 10.2. The van der Waals surface area contributed by atoms with Crippen LogP contribution in [0, 0.1) is 0 Å². The Morgan fingerprint density at radius 1 is 0.462 bits per heavy atom. The van der Waals surface area contributed by atoms with Crippen LogP contribution in [-0.4, -0.2) is 6.29 Å². The fourth-order valence-corrected chi connectivity index (χ4v) is 2.31. The van der Waals surface area contributed by atoms with E-state index < -0.39 is 0 Å². The second-order valence-electron chi connectivity index (χ2n) is 6.22. The smallest absolute Gasteiger partial charge is 0.119 e. The highest BCUT2D eigenvalue weighted by molar-refractivity contribution is 5.48. The van der Waals surface area contributed by atoms with Crippen LogP contribution in [0.15, 0.2) is 72.9 Å². The Labute approximate surface area is 162 Å². The van der Waals surface area contributed by atoms with E-state index in [1.165, 1.54) is 6.42 Å². The average Bonchev–Trinajstić information content (AvgIpc) is 2.66. The maximum atomic E-state index is 10.2. The average molecular weight is 355 g/mol. The van der Waals surface area contributed by atoms with Gasteiger partial charge in [0.2, 0.25) is 0 Å². The van der Waals surface area contributed by atoms with Gasteiger partial charge >= 0.3 is 0 Å². The second-order valence-corrected chi connectivity index (χ2v) is 6.22. The van der Waals surface area contributed by atoms with E-state index in [2.05, 4.69) is 79.8 Å². The topological polar surface area (TPSA) is 17.1 Å². The van der Waals surface area contributed by atoms with Crippen molar-refractivity contribution < 1.29 is 4.79 Å². The lowest BCUT2D eigenvalue weighted by Gasteiger charge is -1.93. The highest BCUT2D eigenvalue weighted by Gasteiger charge is 1.85. The molecule has 0 atom stereocenters. The minimum Gasteiger partial charge on any atom is -0.303 e. The fourth-order valence-electron chi connectivity index (χ4n) is 2.31. The summed E-state index contributed by atoms with van der Waals surface area (Å²) in [6.45, 7) is 2.16. The van der Waals surface area contributed by atoms with Gasteiger partial charge in [-0.2, -0.15) is 0 Å². The van der Waals surface area contributed by atoms with Crippen molar-refractivity contribution >= 4 is 6.29 Å². The molecule has 0 aromatic carbocycles. The molecule has 0 aliphatic rings. The standard InChI is InChI=1S/C25H38O/c1-2-3-4-5-6-7-8-9-10-11-12-13-14-15-16-17-18-19-20-21-22-23-24-25-26/h3-4,6-7,9-10,12-13,15-16,18-19,25H,2,5,8,11,14,17,20-24H2,1H3/b4-3-,7-6-,10-9-,13-12-,16-15-,19-18-. The van der Waals surface area contributed by atoms with Gasteiger partial charge in [0, 0.05) is 6.42 Å². The minimum atomic E-state index is 0.712. The molecular formula is C25H38O. The van der Waals surface area contributed by atoms with Crippen molar-refractivity contribution in [1.82, 2.24) is 0 Å². The number of hydrogen-bond acceptors (Lipinski definition) is 1. The lowest BCUT2D eigenvalue weighted by atomic mass is 10.1. The highest BCUT2D eigenvalue weighted by atomic mass is 16.1. The van der Waals surface area contributed by atoms with Crippen LogP contribution in [0.2, 0.25) is 0 Å². The zero-order valence-corrected chi connectivity index (χ0v) is 16.7. The molecule has 0 aromatic rings. The molecule has 0 fully saturated rings. The Kier molecular flexibility index (Phi) is 21.4. The predicted octanol–water partition coefficient (Wildman–Crippen LogP) is 7.83. The molecule has 0 amide bonds. The van der Waals surface area contributed by atoms with Crippen molar-refractivity contribution in [2.24, 2.45) is 0 Å². The molecule has 0 radical (unpaired) electrons. The van der Waals surface area contributed by atoms with E-state index in [-0.39, 0.29) is 0 Å². The quantitative estimate of drug-likeness (QED) is 0.148. The number of unbranched alkanes of at least 4 members (excludes halogenated alkanes) is 4. The molecule has 0 N–H and O–H groups in total. The third kappa shape index (κ3) is 22.1. The van der Waals surface area contributed by atoms with Crippen molar-refractivity contribution in [3.05, 3.63) is 72.9 Å². The summed E-state index contributed by atoms with van der Waals surface area (Å²) in [6, 6.07) is 0. The number of allylic oxidation sites excluding steroid dienone is 12. The first-order chi connectivity index (χ1) is 12.9. The van der Waals surface area contributed by atoms with Crippen LogP contribution in [0.4, 0.5) is 0 Å². The highest BCUT2D eigenvalue weighted by Crippen LogP contribution is 2.03. The zero-order chi connectivity index (χ0) is 19.0. The summed E-state index contributed by atoms with van der Waals surface area (Å²) in [5, 5.41) is 0. The minimum absolute atomic E-state index is 0.712. The fraction of sp³-hybridized carbons (Fsp3) is 0.480. The van der Waals surface area contributed by atoms with Crippen LogP contribution in [0.3, 0.4) is 0 Å². The summed E-state index contributed by atoms with van der Waals surface area (Å²) >= 11 is 0. The number of carbonyl (C=O) groups is 1. The zero-order valence-electron chi connectivity index (χ0n) is 16.7. The van der Waals surface area contributed by atoms with E-state index in [1.807, 2.05) is 0 Å². The molecule has 0 heterocycles. The molecule has 0 aromatic heterocycles. The van der Waals surface area contributed by atoms with Crippen molar-refractivity contribution in [2.45, 2.75) is 77.6 Å². The molecule has 144 valence electrons. The van der Waals surface area contributed by atoms with Gasteiger partial charge in [0.1, 0.15) is 6.29 Å². The lowest BCUT2D eigenvalue weighted by molar-refractivity contribution is -0.107. The maximum Gasteiger partial charge on any atom is 0.119 e. The molecule has 26 heavy (non-hydrogen) atoms. The van der Waals surface area contributed by atoms with E-state index >= 15 is 0 Å². The van der Waals surface area contributed by atoms with Crippen LogP contribution < -0.4 is 0 Å². The maximum absolute atomic E-state index is 10.2. The third-order valence-corrected chi connectivity index (χ3v) is 3.79. The van der Waals surface area contributed by atoms with E-state index in [4.69, 9.17) is 0 Å². The number of rotatable bonds is 17. The van der Waals surface area contributed by atoms with Crippen molar-refractivity contribution in [3.63, 3.8) is 0 Å². The van der Waals surface area contributed by atoms with Crippen LogP contribution in [0.25, 0.3) is 0 Å². The number of aldehydes is 1. The lowest BCUT2D eigenvalue weighted by Crippen LogP contribution is -1.77. The molecule has 0 unspecified atom stereocenters. The van der Waals surface area contributed by atoms with Gasteiger partial charge in [0.05, 0.1) is 0 Å². The van der Waals surface area contributed by atoms with Crippen molar-refractivity contribution in [1.29, 1.82) is 0 Å².